The molecule has 3 aromatic rings. The predicted octanol–water partition coefficient (Wildman–Crippen LogP) is 1.71. The second-order valence-corrected chi connectivity index (χ2v) is 7.99. The van der Waals surface area contributed by atoms with Crippen molar-refractivity contribution >= 4 is 17.1 Å². The van der Waals surface area contributed by atoms with Crippen LogP contribution in [-0.2, 0) is 18.3 Å². The molecule has 1 aromatic carbocycles. The number of hydrogen-bond acceptors (Lipinski definition) is 6. The monoisotopic (exact) mass is 401 g/mol. The fraction of sp³-hybridized carbons (Fsp3) is 0.526. The summed E-state index contributed by atoms with van der Waals surface area (Å²) < 4.78 is 7.85. The zero-order valence-corrected chi connectivity index (χ0v) is 17.4. The van der Waals surface area contributed by atoms with Gasteiger partial charge in [0.25, 0.3) is 0 Å². The van der Waals surface area contributed by atoms with E-state index in [0.29, 0.717) is 36.4 Å². The number of imidazole rings is 1. The third-order valence-electron chi connectivity index (χ3n) is 4.68. The smallest absolute Gasteiger partial charge is 0.337 e. The Hall–Kier alpha value is -3.01. The molecule has 0 aliphatic heterocycles. The third-order valence-corrected chi connectivity index (χ3v) is 4.68. The van der Waals surface area contributed by atoms with E-state index in [1.165, 1.54) is 4.80 Å². The van der Waals surface area contributed by atoms with Crippen molar-refractivity contribution in [3.8, 4) is 0 Å². The molecule has 3 rings (SSSR count). The van der Waals surface area contributed by atoms with Crippen LogP contribution in [0.4, 0.5) is 4.79 Å². The molecule has 0 radical (unpaired) electrons. The van der Waals surface area contributed by atoms with Gasteiger partial charge in [0.15, 0.2) is 5.82 Å². The number of amides is 1. The summed E-state index contributed by atoms with van der Waals surface area (Å²) in [5.41, 5.74) is 0.472. The fourth-order valence-electron chi connectivity index (χ4n) is 3.26. The summed E-state index contributed by atoms with van der Waals surface area (Å²) in [4.78, 5) is 27.6. The fourth-order valence-corrected chi connectivity index (χ4v) is 3.26. The van der Waals surface area contributed by atoms with Crippen LogP contribution in [0.25, 0.3) is 11.0 Å². The molecule has 0 fully saturated rings. The minimum absolute atomic E-state index is 0.389. The maximum atomic E-state index is 13.2. The Labute approximate surface area is 168 Å². The maximum absolute atomic E-state index is 13.2. The number of nitrogens with one attached hydrogen (secondary N) is 1. The number of aromatic nitrogens is 6. The molecule has 0 saturated heterocycles. The molecule has 0 aliphatic rings. The lowest BCUT2D eigenvalue weighted by molar-refractivity contribution is 0.190. The van der Waals surface area contributed by atoms with Crippen molar-refractivity contribution in [1.82, 2.24) is 34.7 Å². The highest BCUT2D eigenvalue weighted by Gasteiger charge is 2.33. The summed E-state index contributed by atoms with van der Waals surface area (Å²) in [6.45, 7) is 6.88. The van der Waals surface area contributed by atoms with Gasteiger partial charge in [0, 0.05) is 20.3 Å². The van der Waals surface area contributed by atoms with Crippen molar-refractivity contribution in [2.45, 2.75) is 39.8 Å². The first-order valence-electron chi connectivity index (χ1n) is 9.48. The Morgan fingerprint density at radius 2 is 1.93 bits per heavy atom. The summed E-state index contributed by atoms with van der Waals surface area (Å²) in [5, 5.41) is 15.1. The van der Waals surface area contributed by atoms with Gasteiger partial charge < -0.3 is 10.1 Å². The molecular weight excluding hydrogens is 374 g/mol. The minimum atomic E-state index is -0.524. The number of fused-ring (bicyclic) bond motifs is 1. The van der Waals surface area contributed by atoms with Crippen LogP contribution in [0.2, 0.25) is 0 Å². The van der Waals surface area contributed by atoms with Gasteiger partial charge in [0.05, 0.1) is 24.1 Å². The zero-order chi connectivity index (χ0) is 21.2. The number of aryl methyl sites for hydroxylation is 2. The molecule has 29 heavy (non-hydrogen) atoms. The summed E-state index contributed by atoms with van der Waals surface area (Å²) in [6.07, 6.45) is 0.667. The van der Waals surface area contributed by atoms with Gasteiger partial charge >= 0.3 is 11.7 Å². The Kier molecular flexibility index (Phi) is 5.83. The molecule has 0 spiro atoms. The van der Waals surface area contributed by atoms with Gasteiger partial charge in [-0.1, -0.05) is 32.9 Å². The molecule has 0 bridgehead atoms. The highest BCUT2D eigenvalue weighted by molar-refractivity contribution is 5.89. The Bertz CT molecular complexity index is 1060. The number of hydrogen-bond donors (Lipinski definition) is 1. The topological polar surface area (TPSA) is 109 Å². The van der Waals surface area contributed by atoms with E-state index in [1.54, 1.807) is 30.9 Å². The van der Waals surface area contributed by atoms with E-state index in [-0.39, 0.29) is 11.1 Å². The lowest BCUT2D eigenvalue weighted by Crippen LogP contribution is -2.43. The normalized spacial score (nSPS) is 13.0. The van der Waals surface area contributed by atoms with Crippen molar-refractivity contribution in [2.24, 2.45) is 12.5 Å². The molecule has 0 unspecified atom stereocenters. The third kappa shape index (κ3) is 4.21. The Morgan fingerprint density at radius 1 is 1.24 bits per heavy atom. The summed E-state index contributed by atoms with van der Waals surface area (Å²) >= 11 is 0. The van der Waals surface area contributed by atoms with Crippen LogP contribution in [0.5, 0.6) is 0 Å². The largest absolute Gasteiger partial charge is 0.385 e. The lowest BCUT2D eigenvalue weighted by atomic mass is 9.86. The Balaban J connectivity index is 2.00. The molecule has 0 saturated carbocycles. The van der Waals surface area contributed by atoms with E-state index in [4.69, 9.17) is 4.74 Å². The first-order chi connectivity index (χ1) is 13.7. The molecule has 1 N–H and O–H groups in total. The molecule has 2 aromatic heterocycles. The molecule has 1 atom stereocenters. The number of nitrogens with zero attached hydrogens (tertiary/aromatic N) is 6. The van der Waals surface area contributed by atoms with Crippen LogP contribution in [0.1, 0.15) is 39.1 Å². The van der Waals surface area contributed by atoms with Gasteiger partial charge in [-0.25, -0.2) is 14.2 Å². The first-order valence-corrected chi connectivity index (χ1v) is 9.48. The first kappa shape index (κ1) is 20.7. The number of rotatable bonds is 6. The standard InChI is InChI=1S/C19H27N7O3/c1-19(2,3)15(16-21-23-24(4)22-16)20-17(27)26-14-10-7-6-9-13(14)25(18(26)28)11-8-12-29-5/h6-7,9-10,15H,8,11-12H2,1-5H3,(H,20,27)/t15-/m1/s1. The van der Waals surface area contributed by atoms with Gasteiger partial charge in [-0.3, -0.25) is 4.57 Å². The highest BCUT2D eigenvalue weighted by atomic mass is 16.5. The van der Waals surface area contributed by atoms with E-state index >= 15 is 0 Å². The average Bonchev–Trinajstić information content (AvgIpc) is 3.20. The van der Waals surface area contributed by atoms with Gasteiger partial charge in [-0.05, 0) is 29.2 Å². The zero-order valence-electron chi connectivity index (χ0n) is 17.4. The van der Waals surface area contributed by atoms with Crippen molar-refractivity contribution in [1.29, 1.82) is 0 Å². The lowest BCUT2D eigenvalue weighted by Gasteiger charge is -2.28. The van der Waals surface area contributed by atoms with Crippen molar-refractivity contribution in [3.05, 3.63) is 40.6 Å². The van der Waals surface area contributed by atoms with Crippen LogP contribution in [-0.4, -0.2) is 49.1 Å². The quantitative estimate of drug-likeness (QED) is 0.630. The summed E-state index contributed by atoms with van der Waals surface area (Å²) in [7, 11) is 3.28. The minimum Gasteiger partial charge on any atom is -0.385 e. The Morgan fingerprint density at radius 3 is 2.52 bits per heavy atom. The van der Waals surface area contributed by atoms with Crippen LogP contribution in [0.3, 0.4) is 0 Å². The molecule has 0 aliphatic carbocycles. The molecule has 2 heterocycles. The van der Waals surface area contributed by atoms with Crippen molar-refractivity contribution in [3.63, 3.8) is 0 Å². The summed E-state index contributed by atoms with van der Waals surface area (Å²) in [5.74, 6) is 0.394. The van der Waals surface area contributed by atoms with E-state index in [0.717, 1.165) is 4.57 Å². The SMILES string of the molecule is COCCCn1c(=O)n(C(=O)N[C@H](c2nnn(C)n2)C(C)(C)C)c2ccccc21. The summed E-state index contributed by atoms with van der Waals surface area (Å²) in [6, 6.07) is 6.19. The second-order valence-electron chi connectivity index (χ2n) is 7.99. The van der Waals surface area contributed by atoms with Gasteiger partial charge in [-0.2, -0.15) is 4.80 Å². The number of carbonyl (C=O) groups is 1. The average molecular weight is 401 g/mol. The number of tetrazole rings is 1. The van der Waals surface area contributed by atoms with Crippen LogP contribution in [0, 0.1) is 5.41 Å². The second kappa shape index (κ2) is 8.16. The molecular formula is C19H27N7O3. The van der Waals surface area contributed by atoms with Gasteiger partial charge in [0.2, 0.25) is 0 Å². The molecule has 10 heteroatoms. The van der Waals surface area contributed by atoms with E-state index in [2.05, 4.69) is 20.7 Å². The molecule has 1 amide bonds. The van der Waals surface area contributed by atoms with Crippen LogP contribution in [0.15, 0.2) is 29.1 Å². The number of benzene rings is 1. The van der Waals surface area contributed by atoms with Gasteiger partial charge in [-0.15, -0.1) is 10.2 Å². The number of para-hydroxylation sites is 2. The number of methoxy groups -OCH3 is 1. The van der Waals surface area contributed by atoms with Gasteiger partial charge in [0.1, 0.15) is 0 Å². The highest BCUT2D eigenvalue weighted by Crippen LogP contribution is 2.30. The predicted molar refractivity (Wildman–Crippen MR) is 108 cm³/mol. The van der Waals surface area contributed by atoms with E-state index in [1.807, 2.05) is 32.9 Å². The van der Waals surface area contributed by atoms with E-state index < -0.39 is 12.1 Å². The van der Waals surface area contributed by atoms with E-state index in [9.17, 15) is 9.59 Å². The van der Waals surface area contributed by atoms with Crippen LogP contribution >= 0.6 is 0 Å². The molecule has 156 valence electrons. The molecule has 10 nitrogen and oxygen atoms in total. The van der Waals surface area contributed by atoms with Crippen LogP contribution < -0.4 is 11.0 Å². The number of carbonyl (C=O) groups excluding carboxylic acids is 1. The maximum Gasteiger partial charge on any atom is 0.337 e. The van der Waals surface area contributed by atoms with Crippen molar-refractivity contribution < 1.29 is 9.53 Å². The number of ether oxygens (including phenoxy) is 1. The van der Waals surface area contributed by atoms with Crippen molar-refractivity contribution in [2.75, 3.05) is 13.7 Å².